The highest BCUT2D eigenvalue weighted by Crippen LogP contribution is 2.25. The third-order valence-electron chi connectivity index (χ3n) is 2.86. The largest absolute Gasteiger partial charge is 0.394 e. The van der Waals surface area contributed by atoms with Gasteiger partial charge in [0.1, 0.15) is 0 Å². The van der Waals surface area contributed by atoms with Crippen LogP contribution in [0.5, 0.6) is 0 Å². The lowest BCUT2D eigenvalue weighted by Gasteiger charge is -2.25. The lowest BCUT2D eigenvalue weighted by atomic mass is 10.1. The van der Waals surface area contributed by atoms with E-state index in [0.717, 1.165) is 0 Å². The van der Waals surface area contributed by atoms with Gasteiger partial charge >= 0.3 is 0 Å². The Bertz CT molecular complexity index is 458. The molecule has 0 aliphatic heterocycles. The summed E-state index contributed by atoms with van der Waals surface area (Å²) in [4.78, 5) is 1.21. The average molecular weight is 251 g/mol. The number of thiophene rings is 1. The third kappa shape index (κ3) is 2.84. The van der Waals surface area contributed by atoms with Crippen molar-refractivity contribution in [3.05, 3.63) is 35.2 Å². The molecule has 92 valence electrons. The molecule has 2 aromatic rings. The lowest BCUT2D eigenvalue weighted by molar-refractivity contribution is 0.103. The molecule has 17 heavy (non-hydrogen) atoms. The van der Waals surface area contributed by atoms with Crippen molar-refractivity contribution < 1.29 is 10.2 Å². The van der Waals surface area contributed by atoms with Gasteiger partial charge in [0.05, 0.1) is 18.8 Å². The van der Waals surface area contributed by atoms with Gasteiger partial charge < -0.3 is 15.5 Å². The Hall–Kier alpha value is -0.940. The van der Waals surface area contributed by atoms with Crippen molar-refractivity contribution in [3.8, 4) is 0 Å². The summed E-state index contributed by atoms with van der Waals surface area (Å²) >= 11 is 1.73. The SMILES string of the molecule is CC(CO)(CO)NCc1cc2ccccc2s1. The highest BCUT2D eigenvalue weighted by molar-refractivity contribution is 7.19. The second-order valence-corrected chi connectivity index (χ2v) is 5.65. The standard InChI is InChI=1S/C13H17NO2S/c1-13(8-15,9-16)14-7-11-6-10-4-2-3-5-12(10)17-11/h2-6,14-16H,7-9H2,1H3. The van der Waals surface area contributed by atoms with Crippen molar-refractivity contribution >= 4 is 21.4 Å². The Kier molecular flexibility index (Phi) is 3.79. The molecule has 3 nitrogen and oxygen atoms in total. The molecule has 1 aromatic carbocycles. The Morgan fingerprint density at radius 2 is 1.94 bits per heavy atom. The fraction of sp³-hybridized carbons (Fsp3) is 0.385. The summed E-state index contributed by atoms with van der Waals surface area (Å²) in [5.74, 6) is 0. The van der Waals surface area contributed by atoms with Gasteiger partial charge in [-0.25, -0.2) is 0 Å². The van der Waals surface area contributed by atoms with Crippen molar-refractivity contribution in [3.63, 3.8) is 0 Å². The van der Waals surface area contributed by atoms with Gasteiger partial charge in [0.2, 0.25) is 0 Å². The van der Waals surface area contributed by atoms with E-state index in [0.29, 0.717) is 6.54 Å². The normalized spacial score (nSPS) is 12.2. The summed E-state index contributed by atoms with van der Waals surface area (Å²) in [5.41, 5.74) is -0.615. The molecule has 1 heterocycles. The molecule has 4 heteroatoms. The van der Waals surface area contributed by atoms with Crippen LogP contribution in [0, 0.1) is 0 Å². The van der Waals surface area contributed by atoms with E-state index in [-0.39, 0.29) is 13.2 Å². The molecule has 0 radical (unpaired) electrons. The van der Waals surface area contributed by atoms with Crippen LogP contribution in [0.1, 0.15) is 11.8 Å². The van der Waals surface area contributed by atoms with Gasteiger partial charge in [0.15, 0.2) is 0 Å². The Labute approximate surface area is 105 Å². The van der Waals surface area contributed by atoms with Crippen LogP contribution in [0.4, 0.5) is 0 Å². The fourth-order valence-corrected chi connectivity index (χ4v) is 2.59. The molecule has 0 fully saturated rings. The number of rotatable bonds is 5. The summed E-state index contributed by atoms with van der Waals surface area (Å²) in [6.45, 7) is 2.32. The van der Waals surface area contributed by atoms with E-state index >= 15 is 0 Å². The molecule has 0 saturated carbocycles. The van der Waals surface area contributed by atoms with Crippen LogP contribution < -0.4 is 5.32 Å². The van der Waals surface area contributed by atoms with E-state index in [1.807, 2.05) is 12.1 Å². The lowest BCUT2D eigenvalue weighted by Crippen LogP contribution is -2.48. The first-order valence-electron chi connectivity index (χ1n) is 5.61. The maximum absolute atomic E-state index is 9.18. The van der Waals surface area contributed by atoms with Gasteiger partial charge in [-0.3, -0.25) is 0 Å². The van der Waals surface area contributed by atoms with E-state index in [1.165, 1.54) is 15.0 Å². The molecule has 1 aromatic heterocycles. The smallest absolute Gasteiger partial charge is 0.0633 e. The number of aliphatic hydroxyl groups is 2. The van der Waals surface area contributed by atoms with Gasteiger partial charge in [0, 0.05) is 16.1 Å². The highest BCUT2D eigenvalue weighted by atomic mass is 32.1. The summed E-state index contributed by atoms with van der Waals surface area (Å²) in [7, 11) is 0. The van der Waals surface area contributed by atoms with Gasteiger partial charge in [-0.05, 0) is 24.4 Å². The number of hydrogen-bond acceptors (Lipinski definition) is 4. The number of nitrogens with one attached hydrogen (secondary N) is 1. The Morgan fingerprint density at radius 1 is 1.24 bits per heavy atom. The fourth-order valence-electron chi connectivity index (χ4n) is 1.59. The van der Waals surface area contributed by atoms with Crippen LogP contribution in [-0.2, 0) is 6.54 Å². The summed E-state index contributed by atoms with van der Waals surface area (Å²) in [6.07, 6.45) is 0. The van der Waals surface area contributed by atoms with Gasteiger partial charge in [0.25, 0.3) is 0 Å². The Morgan fingerprint density at radius 3 is 2.59 bits per heavy atom. The first-order valence-corrected chi connectivity index (χ1v) is 6.43. The molecular formula is C13H17NO2S. The van der Waals surface area contributed by atoms with Crippen molar-refractivity contribution in [2.75, 3.05) is 13.2 Å². The van der Waals surface area contributed by atoms with Gasteiger partial charge in [-0.1, -0.05) is 18.2 Å². The maximum Gasteiger partial charge on any atom is 0.0633 e. The number of hydrogen-bond donors (Lipinski definition) is 3. The molecule has 2 rings (SSSR count). The van der Waals surface area contributed by atoms with Gasteiger partial charge in [-0.15, -0.1) is 11.3 Å². The summed E-state index contributed by atoms with van der Waals surface area (Å²) < 4.78 is 1.26. The van der Waals surface area contributed by atoms with Gasteiger partial charge in [-0.2, -0.15) is 0 Å². The average Bonchev–Trinajstić information content (AvgIpc) is 2.79. The Balaban J connectivity index is 2.09. The van der Waals surface area contributed by atoms with E-state index < -0.39 is 5.54 Å². The highest BCUT2D eigenvalue weighted by Gasteiger charge is 2.21. The molecule has 0 spiro atoms. The van der Waals surface area contributed by atoms with Crippen molar-refractivity contribution in [2.24, 2.45) is 0 Å². The number of benzene rings is 1. The zero-order chi connectivity index (χ0) is 12.3. The number of fused-ring (bicyclic) bond motifs is 1. The van der Waals surface area contributed by atoms with Crippen molar-refractivity contribution in [2.45, 2.75) is 19.0 Å². The van der Waals surface area contributed by atoms with E-state index in [1.54, 1.807) is 18.3 Å². The topological polar surface area (TPSA) is 52.5 Å². The predicted molar refractivity (Wildman–Crippen MR) is 71.2 cm³/mol. The zero-order valence-electron chi connectivity index (χ0n) is 9.81. The van der Waals surface area contributed by atoms with E-state index in [2.05, 4.69) is 23.5 Å². The summed E-state index contributed by atoms with van der Waals surface area (Å²) in [6, 6.07) is 10.4. The van der Waals surface area contributed by atoms with E-state index in [4.69, 9.17) is 0 Å². The monoisotopic (exact) mass is 251 g/mol. The zero-order valence-corrected chi connectivity index (χ0v) is 10.6. The molecule has 0 aliphatic carbocycles. The maximum atomic E-state index is 9.18. The predicted octanol–water partition coefficient (Wildman–Crippen LogP) is 1.73. The van der Waals surface area contributed by atoms with Crippen LogP contribution >= 0.6 is 11.3 Å². The molecule has 0 amide bonds. The summed E-state index contributed by atoms with van der Waals surface area (Å²) in [5, 5.41) is 22.8. The van der Waals surface area contributed by atoms with Crippen LogP contribution in [0.2, 0.25) is 0 Å². The van der Waals surface area contributed by atoms with E-state index in [9.17, 15) is 10.2 Å². The van der Waals surface area contributed by atoms with Crippen LogP contribution in [0.25, 0.3) is 10.1 Å². The van der Waals surface area contributed by atoms with Crippen LogP contribution in [0.3, 0.4) is 0 Å². The first-order chi connectivity index (χ1) is 8.17. The molecule has 0 saturated heterocycles. The first kappa shape index (κ1) is 12.5. The quantitative estimate of drug-likeness (QED) is 0.758. The number of aliphatic hydroxyl groups excluding tert-OH is 2. The van der Waals surface area contributed by atoms with Crippen molar-refractivity contribution in [1.29, 1.82) is 0 Å². The minimum absolute atomic E-state index is 0.0750. The molecule has 0 aliphatic rings. The molecule has 0 unspecified atom stereocenters. The molecular weight excluding hydrogens is 234 g/mol. The second-order valence-electron chi connectivity index (χ2n) is 4.48. The van der Waals surface area contributed by atoms with Crippen molar-refractivity contribution in [1.82, 2.24) is 5.32 Å². The van der Waals surface area contributed by atoms with Crippen LogP contribution in [-0.4, -0.2) is 29.0 Å². The second kappa shape index (κ2) is 5.14. The third-order valence-corrected chi connectivity index (χ3v) is 3.98. The van der Waals surface area contributed by atoms with Crippen LogP contribution in [0.15, 0.2) is 30.3 Å². The minimum atomic E-state index is -0.615. The molecule has 0 bridgehead atoms. The minimum Gasteiger partial charge on any atom is -0.394 e. The molecule has 3 N–H and O–H groups in total. The molecule has 0 atom stereocenters.